The lowest BCUT2D eigenvalue weighted by Gasteiger charge is -2.31. The van der Waals surface area contributed by atoms with E-state index in [1.807, 2.05) is 0 Å². The predicted octanol–water partition coefficient (Wildman–Crippen LogP) is 1.17. The highest BCUT2D eigenvalue weighted by Gasteiger charge is 2.24. The molecule has 4 heteroatoms. The van der Waals surface area contributed by atoms with E-state index in [9.17, 15) is 4.79 Å². The van der Waals surface area contributed by atoms with Crippen LogP contribution < -0.4 is 5.32 Å². The Kier molecular flexibility index (Phi) is 5.22. The zero-order valence-electron chi connectivity index (χ0n) is 10.6. The van der Waals surface area contributed by atoms with Crippen LogP contribution in [0.15, 0.2) is 0 Å². The smallest absolute Gasteiger partial charge is 0.320 e. The monoisotopic (exact) mass is 228 g/mol. The number of hydrogen-bond acceptors (Lipinski definition) is 3. The fraction of sp³-hybridized carbons (Fsp3) is 0.917. The standard InChI is InChI=1S/C12H24N2O2/c1-9(2)8-11(12(15)16)13-10-4-6-14(3)7-5-10/h9-11,13H,4-8H2,1-3H3,(H,15,16). The predicted molar refractivity (Wildman–Crippen MR) is 64.5 cm³/mol. The SMILES string of the molecule is CC(C)CC(NC1CCN(C)CC1)C(=O)O. The fourth-order valence-electron chi connectivity index (χ4n) is 2.17. The van der Waals surface area contributed by atoms with E-state index in [-0.39, 0.29) is 6.04 Å². The van der Waals surface area contributed by atoms with Crippen molar-refractivity contribution in [3.8, 4) is 0 Å². The summed E-state index contributed by atoms with van der Waals surface area (Å²) < 4.78 is 0. The number of carboxylic acids is 1. The Hall–Kier alpha value is -0.610. The van der Waals surface area contributed by atoms with Crippen molar-refractivity contribution in [3.05, 3.63) is 0 Å². The van der Waals surface area contributed by atoms with Gasteiger partial charge in [-0.1, -0.05) is 13.8 Å². The summed E-state index contributed by atoms with van der Waals surface area (Å²) in [5.74, 6) is -0.299. The van der Waals surface area contributed by atoms with Gasteiger partial charge in [-0.15, -0.1) is 0 Å². The Morgan fingerprint density at radius 3 is 2.44 bits per heavy atom. The average molecular weight is 228 g/mol. The van der Waals surface area contributed by atoms with Crippen LogP contribution in [0.25, 0.3) is 0 Å². The van der Waals surface area contributed by atoms with Crippen LogP contribution in [0.5, 0.6) is 0 Å². The van der Waals surface area contributed by atoms with Gasteiger partial charge in [0.2, 0.25) is 0 Å². The molecule has 1 heterocycles. The molecule has 1 unspecified atom stereocenters. The quantitative estimate of drug-likeness (QED) is 0.741. The lowest BCUT2D eigenvalue weighted by Crippen LogP contribution is -2.48. The molecular formula is C12H24N2O2. The van der Waals surface area contributed by atoms with E-state index < -0.39 is 5.97 Å². The van der Waals surface area contributed by atoms with Gasteiger partial charge in [0.25, 0.3) is 0 Å². The largest absolute Gasteiger partial charge is 0.480 e. The summed E-state index contributed by atoms with van der Waals surface area (Å²) in [5, 5.41) is 12.4. The van der Waals surface area contributed by atoms with Crippen molar-refractivity contribution in [2.75, 3.05) is 20.1 Å². The number of hydrogen-bond donors (Lipinski definition) is 2. The van der Waals surface area contributed by atoms with Gasteiger partial charge < -0.3 is 15.3 Å². The molecule has 1 rings (SSSR count). The van der Waals surface area contributed by atoms with Crippen molar-refractivity contribution < 1.29 is 9.90 Å². The number of rotatable bonds is 5. The Labute approximate surface area is 98.0 Å². The van der Waals surface area contributed by atoms with Gasteiger partial charge in [-0.05, 0) is 45.3 Å². The highest BCUT2D eigenvalue weighted by Crippen LogP contribution is 2.12. The summed E-state index contributed by atoms with van der Waals surface area (Å²) >= 11 is 0. The van der Waals surface area contributed by atoms with E-state index >= 15 is 0 Å². The number of carboxylic acid groups (broad SMARTS) is 1. The zero-order chi connectivity index (χ0) is 12.1. The molecule has 0 saturated carbocycles. The minimum absolute atomic E-state index is 0.371. The summed E-state index contributed by atoms with van der Waals surface area (Å²) in [6.45, 7) is 6.25. The molecule has 0 radical (unpaired) electrons. The van der Waals surface area contributed by atoms with E-state index in [2.05, 4.69) is 31.1 Å². The van der Waals surface area contributed by atoms with Crippen molar-refractivity contribution in [1.29, 1.82) is 0 Å². The first kappa shape index (κ1) is 13.5. The van der Waals surface area contributed by atoms with Crippen LogP contribution in [0.4, 0.5) is 0 Å². The first-order valence-electron chi connectivity index (χ1n) is 6.16. The minimum atomic E-state index is -0.715. The van der Waals surface area contributed by atoms with Crippen molar-refractivity contribution >= 4 is 5.97 Å². The highest BCUT2D eigenvalue weighted by molar-refractivity contribution is 5.73. The van der Waals surface area contributed by atoms with Crippen LogP contribution in [0.3, 0.4) is 0 Å². The van der Waals surface area contributed by atoms with E-state index in [0.29, 0.717) is 18.4 Å². The topological polar surface area (TPSA) is 52.6 Å². The molecule has 1 aliphatic heterocycles. The Morgan fingerprint density at radius 1 is 1.44 bits per heavy atom. The molecular weight excluding hydrogens is 204 g/mol. The molecule has 1 aliphatic rings. The van der Waals surface area contributed by atoms with Crippen LogP contribution in [-0.4, -0.2) is 48.2 Å². The van der Waals surface area contributed by atoms with E-state index in [4.69, 9.17) is 5.11 Å². The van der Waals surface area contributed by atoms with E-state index in [1.54, 1.807) is 0 Å². The third-order valence-electron chi connectivity index (χ3n) is 3.16. The van der Waals surface area contributed by atoms with Crippen molar-refractivity contribution in [1.82, 2.24) is 10.2 Å². The van der Waals surface area contributed by atoms with Crippen LogP contribution in [0.2, 0.25) is 0 Å². The maximum absolute atomic E-state index is 11.1. The average Bonchev–Trinajstić information content (AvgIpc) is 2.19. The molecule has 0 aromatic heterocycles. The van der Waals surface area contributed by atoms with Gasteiger partial charge in [0.1, 0.15) is 6.04 Å². The van der Waals surface area contributed by atoms with Crippen LogP contribution in [-0.2, 0) is 4.79 Å². The molecule has 0 aromatic rings. The van der Waals surface area contributed by atoms with Gasteiger partial charge in [-0.25, -0.2) is 0 Å². The second-order valence-corrected chi connectivity index (χ2v) is 5.26. The molecule has 0 spiro atoms. The van der Waals surface area contributed by atoms with Crippen LogP contribution in [0, 0.1) is 5.92 Å². The summed E-state index contributed by atoms with van der Waals surface area (Å²) in [4.78, 5) is 13.4. The summed E-state index contributed by atoms with van der Waals surface area (Å²) in [7, 11) is 2.11. The molecule has 1 atom stereocenters. The fourth-order valence-corrected chi connectivity index (χ4v) is 2.17. The Bertz CT molecular complexity index is 223. The van der Waals surface area contributed by atoms with Crippen LogP contribution in [0.1, 0.15) is 33.1 Å². The molecule has 94 valence electrons. The van der Waals surface area contributed by atoms with Crippen molar-refractivity contribution in [2.45, 2.75) is 45.2 Å². The normalized spacial score (nSPS) is 21.2. The summed E-state index contributed by atoms with van der Waals surface area (Å²) in [6, 6.07) is -0.00976. The second kappa shape index (κ2) is 6.21. The van der Waals surface area contributed by atoms with Gasteiger partial charge in [-0.3, -0.25) is 4.79 Å². The maximum Gasteiger partial charge on any atom is 0.320 e. The molecule has 0 amide bonds. The molecule has 4 nitrogen and oxygen atoms in total. The van der Waals surface area contributed by atoms with Gasteiger partial charge in [-0.2, -0.15) is 0 Å². The Balaban J connectivity index is 2.39. The van der Waals surface area contributed by atoms with E-state index in [0.717, 1.165) is 25.9 Å². The number of nitrogens with zero attached hydrogens (tertiary/aromatic N) is 1. The molecule has 1 saturated heterocycles. The lowest BCUT2D eigenvalue weighted by molar-refractivity contribution is -0.140. The van der Waals surface area contributed by atoms with Gasteiger partial charge in [0.05, 0.1) is 0 Å². The second-order valence-electron chi connectivity index (χ2n) is 5.26. The van der Waals surface area contributed by atoms with E-state index in [1.165, 1.54) is 0 Å². The Morgan fingerprint density at radius 2 is 2.00 bits per heavy atom. The molecule has 0 aromatic carbocycles. The third kappa shape index (κ3) is 4.49. The number of carbonyl (C=O) groups is 1. The molecule has 16 heavy (non-hydrogen) atoms. The minimum Gasteiger partial charge on any atom is -0.480 e. The summed E-state index contributed by atoms with van der Waals surface area (Å²) in [6.07, 6.45) is 2.82. The number of aliphatic carboxylic acids is 1. The first-order valence-corrected chi connectivity index (χ1v) is 6.16. The summed E-state index contributed by atoms with van der Waals surface area (Å²) in [5.41, 5.74) is 0. The van der Waals surface area contributed by atoms with Gasteiger partial charge in [0.15, 0.2) is 0 Å². The highest BCUT2D eigenvalue weighted by atomic mass is 16.4. The van der Waals surface area contributed by atoms with Crippen LogP contribution >= 0.6 is 0 Å². The maximum atomic E-state index is 11.1. The lowest BCUT2D eigenvalue weighted by atomic mass is 10.00. The molecule has 2 N–H and O–H groups in total. The first-order chi connectivity index (χ1) is 7.49. The number of piperidine rings is 1. The number of nitrogens with one attached hydrogen (secondary N) is 1. The van der Waals surface area contributed by atoms with Crippen molar-refractivity contribution in [3.63, 3.8) is 0 Å². The molecule has 0 aliphatic carbocycles. The zero-order valence-corrected chi connectivity index (χ0v) is 10.6. The van der Waals surface area contributed by atoms with Gasteiger partial charge in [0, 0.05) is 6.04 Å². The van der Waals surface area contributed by atoms with Gasteiger partial charge >= 0.3 is 5.97 Å². The third-order valence-corrected chi connectivity index (χ3v) is 3.16. The number of likely N-dealkylation sites (tertiary alicyclic amines) is 1. The van der Waals surface area contributed by atoms with Crippen molar-refractivity contribution in [2.24, 2.45) is 5.92 Å². The molecule has 0 bridgehead atoms. The molecule has 1 fully saturated rings.